The van der Waals surface area contributed by atoms with Gasteiger partial charge in [0.2, 0.25) is 0 Å². The molecule has 2 atom stereocenters. The topological polar surface area (TPSA) is 128 Å². The van der Waals surface area contributed by atoms with E-state index in [0.717, 1.165) is 0 Å². The summed E-state index contributed by atoms with van der Waals surface area (Å²) in [6.45, 7) is 2.55. The molecule has 0 aromatic rings. The molecular formula is C8H8MgN2O4. The second-order valence-corrected chi connectivity index (χ2v) is 2.34. The molecule has 15 heavy (non-hydrogen) atoms. The minimum absolute atomic E-state index is 0. The molecule has 0 fully saturated rings. The normalized spacial score (nSPS) is 11.2. The van der Waals surface area contributed by atoms with Crippen LogP contribution in [0.2, 0.25) is 0 Å². The second kappa shape index (κ2) is 10.8. The molecule has 0 bridgehead atoms. The summed E-state index contributed by atoms with van der Waals surface area (Å²) in [6, 6.07) is 3.00. The average molecular weight is 220 g/mol. The SMILES string of the molecule is CC(C#N)C(=O)[O-].CC(C#N)C(=O)[O-].[Mg+2]. The predicted octanol–water partition coefficient (Wildman–Crippen LogP) is -2.59. The molecule has 0 aliphatic carbocycles. The fourth-order valence-electron chi connectivity index (χ4n) is 0.105. The predicted molar refractivity (Wildman–Crippen MR) is 45.3 cm³/mol. The minimum atomic E-state index is -1.32. The third kappa shape index (κ3) is 12.7. The number of nitrogens with zero attached hydrogens (tertiary/aromatic N) is 2. The van der Waals surface area contributed by atoms with Gasteiger partial charge in [0.1, 0.15) is 0 Å². The van der Waals surface area contributed by atoms with E-state index in [-0.39, 0.29) is 23.1 Å². The fraction of sp³-hybridized carbons (Fsp3) is 0.500. The Bertz CT molecular complexity index is 262. The van der Waals surface area contributed by atoms with Crippen molar-refractivity contribution in [3.05, 3.63) is 0 Å². The quantitative estimate of drug-likeness (QED) is 0.470. The van der Waals surface area contributed by atoms with Gasteiger partial charge >= 0.3 is 23.1 Å². The summed E-state index contributed by atoms with van der Waals surface area (Å²) in [7, 11) is 0. The number of hydrogen-bond acceptors (Lipinski definition) is 6. The largest absolute Gasteiger partial charge is 2.00 e. The fourth-order valence-corrected chi connectivity index (χ4v) is 0.105. The number of carboxylic acid groups (broad SMARTS) is 2. The molecule has 0 rings (SSSR count). The van der Waals surface area contributed by atoms with Crippen molar-refractivity contribution in [3.8, 4) is 12.1 Å². The maximum atomic E-state index is 9.60. The molecule has 0 amide bonds. The molecular weight excluding hydrogens is 212 g/mol. The van der Waals surface area contributed by atoms with E-state index in [2.05, 4.69) is 0 Å². The molecule has 0 aromatic heterocycles. The molecule has 0 aromatic carbocycles. The number of hydrogen-bond donors (Lipinski definition) is 0. The van der Waals surface area contributed by atoms with Crippen molar-refractivity contribution in [1.29, 1.82) is 10.5 Å². The zero-order valence-corrected chi connectivity index (χ0v) is 9.80. The number of rotatable bonds is 2. The maximum Gasteiger partial charge on any atom is 2.00 e. The summed E-state index contributed by atoms with van der Waals surface area (Å²) in [6.07, 6.45) is 0. The van der Waals surface area contributed by atoms with E-state index in [4.69, 9.17) is 10.5 Å². The van der Waals surface area contributed by atoms with E-state index >= 15 is 0 Å². The summed E-state index contributed by atoms with van der Waals surface area (Å²) < 4.78 is 0. The van der Waals surface area contributed by atoms with Gasteiger partial charge in [-0.05, 0) is 13.8 Å². The Hall–Kier alpha value is -1.31. The minimum Gasteiger partial charge on any atom is -0.549 e. The zero-order chi connectivity index (χ0) is 11.7. The number of carbonyl (C=O) groups excluding carboxylic acids is 2. The van der Waals surface area contributed by atoms with Crippen molar-refractivity contribution in [2.24, 2.45) is 11.8 Å². The Balaban J connectivity index is -0.000000180. The first-order valence-corrected chi connectivity index (χ1v) is 3.57. The average Bonchev–Trinajstić information content (AvgIpc) is 2.15. The maximum absolute atomic E-state index is 9.60. The van der Waals surface area contributed by atoms with Crippen LogP contribution in [-0.4, -0.2) is 35.0 Å². The Kier molecular flexibility index (Phi) is 13.8. The van der Waals surface area contributed by atoms with Gasteiger partial charge in [0.05, 0.1) is 35.9 Å². The summed E-state index contributed by atoms with van der Waals surface area (Å²) in [4.78, 5) is 19.2. The van der Waals surface area contributed by atoms with E-state index in [9.17, 15) is 19.8 Å². The molecule has 0 aliphatic rings. The van der Waals surface area contributed by atoms with Crippen molar-refractivity contribution < 1.29 is 19.8 Å². The molecule has 0 N–H and O–H groups in total. The van der Waals surface area contributed by atoms with Crippen LogP contribution in [0, 0.1) is 34.5 Å². The van der Waals surface area contributed by atoms with Crippen LogP contribution in [-0.2, 0) is 9.59 Å². The van der Waals surface area contributed by atoms with Gasteiger partial charge in [-0.15, -0.1) is 0 Å². The summed E-state index contributed by atoms with van der Waals surface area (Å²) in [5.74, 6) is -4.61. The number of carbonyl (C=O) groups is 2. The molecule has 2 unspecified atom stereocenters. The van der Waals surface area contributed by atoms with Crippen LogP contribution < -0.4 is 10.2 Å². The first-order valence-electron chi connectivity index (χ1n) is 3.57. The zero-order valence-electron chi connectivity index (χ0n) is 8.39. The van der Waals surface area contributed by atoms with E-state index in [1.807, 2.05) is 0 Å². The monoisotopic (exact) mass is 220 g/mol. The van der Waals surface area contributed by atoms with Crippen molar-refractivity contribution in [3.63, 3.8) is 0 Å². The number of nitriles is 2. The number of carboxylic acids is 2. The van der Waals surface area contributed by atoms with Crippen molar-refractivity contribution in [2.45, 2.75) is 13.8 Å². The van der Waals surface area contributed by atoms with Crippen molar-refractivity contribution >= 4 is 35.0 Å². The van der Waals surface area contributed by atoms with Gasteiger partial charge in [-0.1, -0.05) is 0 Å². The molecule has 0 radical (unpaired) electrons. The second-order valence-electron chi connectivity index (χ2n) is 2.34. The standard InChI is InChI=1S/2C4H5NO2.Mg/c2*1-3(2-5)4(6)7;/h2*3H,1H3,(H,6,7);/q;;+2/p-2. The first-order chi connectivity index (χ1) is 6.36. The van der Waals surface area contributed by atoms with E-state index in [0.29, 0.717) is 0 Å². The van der Waals surface area contributed by atoms with E-state index in [1.54, 1.807) is 0 Å². The summed E-state index contributed by atoms with van der Waals surface area (Å²) in [5.41, 5.74) is 0. The molecule has 0 spiro atoms. The van der Waals surface area contributed by atoms with Gasteiger partial charge < -0.3 is 19.8 Å². The smallest absolute Gasteiger partial charge is 0.549 e. The molecule has 7 heteroatoms. The Morgan fingerprint density at radius 2 is 1.20 bits per heavy atom. The summed E-state index contributed by atoms with van der Waals surface area (Å²) in [5, 5.41) is 34.9. The first kappa shape index (κ1) is 19.3. The van der Waals surface area contributed by atoms with Gasteiger partial charge in [0.25, 0.3) is 0 Å². The molecule has 76 valence electrons. The van der Waals surface area contributed by atoms with Crippen LogP contribution in [0.15, 0.2) is 0 Å². The van der Waals surface area contributed by atoms with Crippen LogP contribution in [0.1, 0.15) is 13.8 Å². The number of aliphatic carboxylic acids is 2. The van der Waals surface area contributed by atoms with E-state index in [1.165, 1.54) is 26.0 Å². The molecule has 0 saturated heterocycles. The third-order valence-electron chi connectivity index (χ3n) is 1.09. The van der Waals surface area contributed by atoms with Gasteiger partial charge in [0, 0.05) is 0 Å². The van der Waals surface area contributed by atoms with Gasteiger partial charge in [-0.3, -0.25) is 0 Å². The molecule has 0 aliphatic heterocycles. The van der Waals surface area contributed by atoms with Crippen LogP contribution >= 0.6 is 0 Å². The summed E-state index contributed by atoms with van der Waals surface area (Å²) >= 11 is 0. The Labute approximate surface area is 103 Å². The van der Waals surface area contributed by atoms with Gasteiger partial charge in [-0.2, -0.15) is 10.5 Å². The third-order valence-corrected chi connectivity index (χ3v) is 1.09. The Morgan fingerprint density at radius 1 is 1.00 bits per heavy atom. The van der Waals surface area contributed by atoms with Crippen LogP contribution in [0.5, 0.6) is 0 Å². The van der Waals surface area contributed by atoms with Crippen molar-refractivity contribution in [1.82, 2.24) is 0 Å². The van der Waals surface area contributed by atoms with Gasteiger partial charge in [0.15, 0.2) is 0 Å². The van der Waals surface area contributed by atoms with E-state index < -0.39 is 23.8 Å². The van der Waals surface area contributed by atoms with Crippen LogP contribution in [0.3, 0.4) is 0 Å². The Morgan fingerprint density at radius 3 is 1.20 bits per heavy atom. The molecule has 0 saturated carbocycles. The molecule has 6 nitrogen and oxygen atoms in total. The van der Waals surface area contributed by atoms with Crippen molar-refractivity contribution in [2.75, 3.05) is 0 Å². The van der Waals surface area contributed by atoms with Crippen LogP contribution in [0.25, 0.3) is 0 Å². The molecule has 0 heterocycles. The van der Waals surface area contributed by atoms with Crippen LogP contribution in [0.4, 0.5) is 0 Å². The van der Waals surface area contributed by atoms with Gasteiger partial charge in [-0.25, -0.2) is 0 Å².